The first-order valence-corrected chi connectivity index (χ1v) is 5.71. The molecular weight excluding hydrogens is 249 g/mol. The van der Waals surface area contributed by atoms with E-state index in [1.165, 1.54) is 12.1 Å². The van der Waals surface area contributed by atoms with Gasteiger partial charge in [-0.25, -0.2) is 4.39 Å². The molecule has 0 aliphatic heterocycles. The Bertz CT molecular complexity index is 624. The minimum atomic E-state index is -0.302. The maximum atomic E-state index is 12.8. The molecule has 2 aromatic carbocycles. The van der Waals surface area contributed by atoms with Gasteiger partial charge in [-0.1, -0.05) is 41.9 Å². The maximum Gasteiger partial charge on any atom is 0.123 e. The van der Waals surface area contributed by atoms with Crippen LogP contribution < -0.4 is 0 Å². The van der Waals surface area contributed by atoms with Gasteiger partial charge < -0.3 is 0 Å². The van der Waals surface area contributed by atoms with E-state index in [9.17, 15) is 4.39 Å². The number of rotatable bonds is 2. The molecule has 0 fully saturated rings. The topological polar surface area (TPSA) is 23.8 Å². The second kappa shape index (κ2) is 5.48. The molecule has 18 heavy (non-hydrogen) atoms. The lowest BCUT2D eigenvalue weighted by molar-refractivity contribution is 0.628. The zero-order valence-corrected chi connectivity index (χ0v) is 10.2. The van der Waals surface area contributed by atoms with Crippen molar-refractivity contribution in [2.24, 2.45) is 0 Å². The van der Waals surface area contributed by atoms with Gasteiger partial charge in [0.25, 0.3) is 0 Å². The molecule has 0 bridgehead atoms. The van der Waals surface area contributed by atoms with Crippen LogP contribution in [-0.2, 0) is 0 Å². The van der Waals surface area contributed by atoms with Crippen molar-refractivity contribution in [3.05, 3.63) is 70.5 Å². The third kappa shape index (κ3) is 2.77. The fourth-order valence-electron chi connectivity index (χ4n) is 1.58. The third-order valence-electron chi connectivity index (χ3n) is 2.47. The van der Waals surface area contributed by atoms with Crippen molar-refractivity contribution in [3.63, 3.8) is 0 Å². The lowest BCUT2D eigenvalue weighted by Gasteiger charge is -2.02. The van der Waals surface area contributed by atoms with Gasteiger partial charge in [0.1, 0.15) is 5.82 Å². The largest absolute Gasteiger partial charge is 0.207 e. The predicted octanol–water partition coefficient (Wildman–Crippen LogP) is 4.54. The Kier molecular flexibility index (Phi) is 3.76. The Balaban J connectivity index is 2.44. The number of nitriles is 1. The minimum absolute atomic E-state index is 0.302. The van der Waals surface area contributed by atoms with Crippen LogP contribution in [0, 0.1) is 17.1 Å². The van der Waals surface area contributed by atoms with Crippen molar-refractivity contribution in [2.45, 2.75) is 0 Å². The summed E-state index contributed by atoms with van der Waals surface area (Å²) in [6.45, 7) is 0. The van der Waals surface area contributed by atoms with E-state index >= 15 is 0 Å². The first-order chi connectivity index (χ1) is 8.70. The normalized spacial score (nSPS) is 11.1. The Hall–Kier alpha value is -2.11. The number of nitrogens with zero attached hydrogens (tertiary/aromatic N) is 1. The molecule has 88 valence electrons. The van der Waals surface area contributed by atoms with Gasteiger partial charge in [0.2, 0.25) is 0 Å². The minimum Gasteiger partial charge on any atom is -0.207 e. The van der Waals surface area contributed by atoms with Crippen molar-refractivity contribution >= 4 is 23.3 Å². The van der Waals surface area contributed by atoms with Gasteiger partial charge in [0.05, 0.1) is 11.6 Å². The molecule has 0 saturated carbocycles. The van der Waals surface area contributed by atoms with Gasteiger partial charge in [-0.3, -0.25) is 0 Å². The first kappa shape index (κ1) is 12.3. The number of hydrogen-bond acceptors (Lipinski definition) is 1. The summed E-state index contributed by atoms with van der Waals surface area (Å²) in [7, 11) is 0. The number of hydrogen-bond donors (Lipinski definition) is 0. The van der Waals surface area contributed by atoms with Crippen LogP contribution in [0.5, 0.6) is 0 Å². The highest BCUT2D eigenvalue weighted by atomic mass is 35.5. The van der Waals surface area contributed by atoms with Crippen LogP contribution in [-0.4, -0.2) is 0 Å². The van der Waals surface area contributed by atoms with Crippen molar-refractivity contribution in [3.8, 4) is 6.07 Å². The van der Waals surface area contributed by atoms with Gasteiger partial charge in [0.15, 0.2) is 0 Å². The molecule has 0 N–H and O–H groups in total. The van der Waals surface area contributed by atoms with Gasteiger partial charge in [0, 0.05) is 10.6 Å². The van der Waals surface area contributed by atoms with Crippen molar-refractivity contribution in [2.75, 3.05) is 0 Å². The quantitative estimate of drug-likeness (QED) is 0.572. The lowest BCUT2D eigenvalue weighted by Crippen LogP contribution is -1.84. The van der Waals surface area contributed by atoms with E-state index in [0.29, 0.717) is 16.2 Å². The highest BCUT2D eigenvalue weighted by molar-refractivity contribution is 6.32. The zero-order valence-electron chi connectivity index (χ0n) is 9.40. The summed E-state index contributed by atoms with van der Waals surface area (Å²) in [6, 6.07) is 15.2. The second-order valence-electron chi connectivity index (χ2n) is 3.70. The van der Waals surface area contributed by atoms with Crippen LogP contribution in [0.4, 0.5) is 4.39 Å². The van der Waals surface area contributed by atoms with Gasteiger partial charge in [-0.2, -0.15) is 5.26 Å². The molecule has 0 radical (unpaired) electrons. The molecule has 0 aliphatic carbocycles. The molecule has 3 heteroatoms. The Morgan fingerprint density at radius 3 is 2.39 bits per heavy atom. The molecule has 0 atom stereocenters. The van der Waals surface area contributed by atoms with E-state index in [0.717, 1.165) is 5.56 Å². The first-order valence-electron chi connectivity index (χ1n) is 5.33. The fourth-order valence-corrected chi connectivity index (χ4v) is 1.81. The van der Waals surface area contributed by atoms with Crippen LogP contribution in [0.15, 0.2) is 48.5 Å². The molecule has 0 saturated heterocycles. The number of allylic oxidation sites excluding steroid dienone is 1. The van der Waals surface area contributed by atoms with Crippen LogP contribution in [0.2, 0.25) is 5.02 Å². The van der Waals surface area contributed by atoms with Gasteiger partial charge >= 0.3 is 0 Å². The highest BCUT2D eigenvalue weighted by Crippen LogP contribution is 2.25. The summed E-state index contributed by atoms with van der Waals surface area (Å²) < 4.78 is 12.8. The SMILES string of the molecule is N#CC(=Cc1ccc(F)cc1)c1ccccc1Cl. The van der Waals surface area contributed by atoms with E-state index in [2.05, 4.69) is 6.07 Å². The third-order valence-corrected chi connectivity index (χ3v) is 2.80. The van der Waals surface area contributed by atoms with Crippen LogP contribution in [0.1, 0.15) is 11.1 Å². The number of benzene rings is 2. The van der Waals surface area contributed by atoms with E-state index in [1.807, 2.05) is 6.07 Å². The Morgan fingerprint density at radius 2 is 1.78 bits per heavy atom. The molecular formula is C15H9ClFN. The number of halogens is 2. The zero-order chi connectivity index (χ0) is 13.0. The fraction of sp³-hybridized carbons (Fsp3) is 0. The monoisotopic (exact) mass is 257 g/mol. The van der Waals surface area contributed by atoms with Crippen LogP contribution in [0.3, 0.4) is 0 Å². The summed E-state index contributed by atoms with van der Waals surface area (Å²) in [4.78, 5) is 0. The summed E-state index contributed by atoms with van der Waals surface area (Å²) in [6.07, 6.45) is 1.68. The van der Waals surface area contributed by atoms with E-state index in [4.69, 9.17) is 16.9 Å². The molecule has 0 heterocycles. The van der Waals surface area contributed by atoms with E-state index in [1.54, 1.807) is 36.4 Å². The average Bonchev–Trinajstić information content (AvgIpc) is 2.39. The Morgan fingerprint density at radius 1 is 1.11 bits per heavy atom. The van der Waals surface area contributed by atoms with E-state index in [-0.39, 0.29) is 5.82 Å². The lowest BCUT2D eigenvalue weighted by atomic mass is 10.0. The van der Waals surface area contributed by atoms with Gasteiger partial charge in [-0.05, 0) is 29.8 Å². The molecule has 0 aliphatic rings. The summed E-state index contributed by atoms with van der Waals surface area (Å²) in [5, 5.41) is 9.69. The molecule has 0 amide bonds. The van der Waals surface area contributed by atoms with Crippen LogP contribution >= 0.6 is 11.6 Å². The van der Waals surface area contributed by atoms with Crippen molar-refractivity contribution < 1.29 is 4.39 Å². The van der Waals surface area contributed by atoms with Crippen molar-refractivity contribution in [1.82, 2.24) is 0 Å². The summed E-state index contributed by atoms with van der Waals surface area (Å²) >= 11 is 6.04. The predicted molar refractivity (Wildman–Crippen MR) is 71.3 cm³/mol. The second-order valence-corrected chi connectivity index (χ2v) is 4.11. The van der Waals surface area contributed by atoms with Gasteiger partial charge in [-0.15, -0.1) is 0 Å². The summed E-state index contributed by atoms with van der Waals surface area (Å²) in [5.41, 5.74) is 1.88. The summed E-state index contributed by atoms with van der Waals surface area (Å²) in [5.74, 6) is -0.302. The van der Waals surface area contributed by atoms with E-state index < -0.39 is 0 Å². The maximum absolute atomic E-state index is 12.8. The highest BCUT2D eigenvalue weighted by Gasteiger charge is 2.05. The molecule has 2 aromatic rings. The average molecular weight is 258 g/mol. The molecule has 0 aromatic heterocycles. The smallest absolute Gasteiger partial charge is 0.123 e. The Labute approximate surface area is 110 Å². The molecule has 2 rings (SSSR count). The molecule has 1 nitrogen and oxygen atoms in total. The van der Waals surface area contributed by atoms with Crippen molar-refractivity contribution in [1.29, 1.82) is 5.26 Å². The molecule has 0 spiro atoms. The van der Waals surface area contributed by atoms with Crippen LogP contribution in [0.25, 0.3) is 11.6 Å². The molecule has 0 unspecified atom stereocenters. The standard InChI is InChI=1S/C15H9ClFN/c16-15-4-2-1-3-14(15)12(10-18)9-11-5-7-13(17)8-6-11/h1-9H.